The number of nitrogens with two attached hydrogens (primary N) is 1. The summed E-state index contributed by atoms with van der Waals surface area (Å²) in [7, 11) is 0. The first-order valence-corrected chi connectivity index (χ1v) is 6.53. The van der Waals surface area contributed by atoms with Crippen molar-refractivity contribution in [1.82, 2.24) is 5.32 Å². The Hall–Kier alpha value is -1.75. The third-order valence-electron chi connectivity index (χ3n) is 3.07. The molecule has 0 saturated carbocycles. The average molecular weight is 263 g/mol. The molecule has 5 heteroatoms. The first kappa shape index (κ1) is 15.3. The molecule has 1 amide bonds. The number of hydrogen-bond donors (Lipinski definition) is 2. The van der Waals surface area contributed by atoms with Crippen molar-refractivity contribution in [1.29, 1.82) is 0 Å². The molecule has 3 atom stereocenters. The van der Waals surface area contributed by atoms with Crippen LogP contribution in [0.5, 0.6) is 0 Å². The molecule has 104 valence electrons. The highest BCUT2D eigenvalue weighted by Gasteiger charge is 2.27. The summed E-state index contributed by atoms with van der Waals surface area (Å²) >= 11 is 0. The zero-order valence-electron chi connectivity index (χ0n) is 11.4. The van der Waals surface area contributed by atoms with Crippen molar-refractivity contribution in [2.45, 2.75) is 44.8 Å². The van der Waals surface area contributed by atoms with Crippen molar-refractivity contribution in [2.24, 2.45) is 10.9 Å². The van der Waals surface area contributed by atoms with Crippen LogP contribution in [0.3, 0.4) is 0 Å². The van der Waals surface area contributed by atoms with Crippen molar-refractivity contribution in [3.05, 3.63) is 40.8 Å². The topological polar surface area (TPSA) is 84.5 Å². The number of nitroso groups, excluding NO2 is 1. The van der Waals surface area contributed by atoms with Crippen molar-refractivity contribution >= 4 is 5.91 Å². The smallest absolute Gasteiger partial charge is 0.250 e. The first-order chi connectivity index (χ1) is 9.10. The van der Waals surface area contributed by atoms with Crippen LogP contribution in [0.15, 0.2) is 35.5 Å². The van der Waals surface area contributed by atoms with Gasteiger partial charge in [-0.1, -0.05) is 48.9 Å². The average Bonchev–Trinajstić information content (AvgIpc) is 2.40. The number of hydrogen-bond acceptors (Lipinski definition) is 4. The van der Waals surface area contributed by atoms with Gasteiger partial charge in [-0.3, -0.25) is 4.79 Å². The molecule has 0 radical (unpaired) electrons. The van der Waals surface area contributed by atoms with E-state index in [1.165, 1.54) is 0 Å². The first-order valence-electron chi connectivity index (χ1n) is 6.53. The Balaban J connectivity index is 2.64. The van der Waals surface area contributed by atoms with Gasteiger partial charge in [-0.25, -0.2) is 0 Å². The van der Waals surface area contributed by atoms with Crippen LogP contribution >= 0.6 is 0 Å². The molecule has 0 fully saturated rings. The second-order valence-electron chi connectivity index (χ2n) is 4.64. The van der Waals surface area contributed by atoms with Crippen LogP contribution in [-0.2, 0) is 4.79 Å². The minimum Gasteiger partial charge on any atom is -0.348 e. The van der Waals surface area contributed by atoms with Crippen molar-refractivity contribution in [3.8, 4) is 0 Å². The lowest BCUT2D eigenvalue weighted by Crippen LogP contribution is -2.45. The molecule has 1 aromatic carbocycles. The second kappa shape index (κ2) is 7.63. The van der Waals surface area contributed by atoms with Gasteiger partial charge < -0.3 is 11.1 Å². The maximum atomic E-state index is 12.0. The Morgan fingerprint density at radius 3 is 2.53 bits per heavy atom. The fourth-order valence-electron chi connectivity index (χ4n) is 1.94. The Morgan fingerprint density at radius 1 is 1.37 bits per heavy atom. The summed E-state index contributed by atoms with van der Waals surface area (Å²) in [4.78, 5) is 22.8. The van der Waals surface area contributed by atoms with E-state index in [2.05, 4.69) is 10.5 Å². The highest BCUT2D eigenvalue weighted by molar-refractivity contribution is 5.83. The number of amides is 1. The SMILES string of the molecule is CCCC(N)C(N=O)C(=O)NC(C)c1ccccc1. The Bertz CT molecular complexity index is 408. The molecule has 0 spiro atoms. The van der Waals surface area contributed by atoms with E-state index in [9.17, 15) is 9.70 Å². The van der Waals surface area contributed by atoms with E-state index >= 15 is 0 Å². The molecule has 0 bridgehead atoms. The highest BCUT2D eigenvalue weighted by Crippen LogP contribution is 2.12. The summed E-state index contributed by atoms with van der Waals surface area (Å²) < 4.78 is 0. The van der Waals surface area contributed by atoms with Gasteiger partial charge in [-0.05, 0) is 18.9 Å². The molecule has 0 aromatic heterocycles. The molecular formula is C14H21N3O2. The molecule has 3 N–H and O–H groups in total. The van der Waals surface area contributed by atoms with Crippen LogP contribution in [0.2, 0.25) is 0 Å². The predicted molar refractivity (Wildman–Crippen MR) is 75.5 cm³/mol. The number of carbonyl (C=O) groups is 1. The summed E-state index contributed by atoms with van der Waals surface area (Å²) in [6, 6.07) is 7.82. The predicted octanol–water partition coefficient (Wildman–Crippen LogP) is 2.13. The summed E-state index contributed by atoms with van der Waals surface area (Å²) in [5, 5.41) is 5.64. The van der Waals surface area contributed by atoms with E-state index < -0.39 is 18.0 Å². The molecule has 5 nitrogen and oxygen atoms in total. The summed E-state index contributed by atoms with van der Waals surface area (Å²) in [6.45, 7) is 3.81. The van der Waals surface area contributed by atoms with Crippen LogP contribution in [0.1, 0.15) is 38.3 Å². The van der Waals surface area contributed by atoms with Gasteiger partial charge in [0, 0.05) is 6.04 Å². The number of nitrogens with zero attached hydrogens (tertiary/aromatic N) is 1. The van der Waals surface area contributed by atoms with Crippen LogP contribution < -0.4 is 11.1 Å². The lowest BCUT2D eigenvalue weighted by molar-refractivity contribution is -0.123. The van der Waals surface area contributed by atoms with Crippen LogP contribution in [0.25, 0.3) is 0 Å². The van der Waals surface area contributed by atoms with E-state index in [-0.39, 0.29) is 6.04 Å². The lowest BCUT2D eigenvalue weighted by Gasteiger charge is -2.20. The maximum absolute atomic E-state index is 12.0. The zero-order chi connectivity index (χ0) is 14.3. The molecule has 19 heavy (non-hydrogen) atoms. The molecule has 0 saturated heterocycles. The maximum Gasteiger partial charge on any atom is 0.250 e. The zero-order valence-corrected chi connectivity index (χ0v) is 11.4. The molecule has 1 rings (SSSR count). The van der Waals surface area contributed by atoms with E-state index in [0.717, 1.165) is 12.0 Å². The molecule has 0 aliphatic heterocycles. The van der Waals surface area contributed by atoms with E-state index in [4.69, 9.17) is 5.73 Å². The van der Waals surface area contributed by atoms with E-state index in [1.807, 2.05) is 44.2 Å². The minimum absolute atomic E-state index is 0.174. The van der Waals surface area contributed by atoms with E-state index in [1.54, 1.807) is 0 Å². The van der Waals surface area contributed by atoms with Gasteiger partial charge in [-0.15, -0.1) is 4.91 Å². The van der Waals surface area contributed by atoms with Gasteiger partial charge >= 0.3 is 0 Å². The molecule has 0 aliphatic carbocycles. The van der Waals surface area contributed by atoms with Crippen molar-refractivity contribution in [2.75, 3.05) is 0 Å². The van der Waals surface area contributed by atoms with Crippen LogP contribution in [0, 0.1) is 4.91 Å². The van der Waals surface area contributed by atoms with Crippen molar-refractivity contribution in [3.63, 3.8) is 0 Å². The normalized spacial score (nSPS) is 15.3. The van der Waals surface area contributed by atoms with Gasteiger partial charge in [0.25, 0.3) is 5.91 Å². The molecule has 0 aliphatic rings. The van der Waals surface area contributed by atoms with Gasteiger partial charge in [0.1, 0.15) is 0 Å². The van der Waals surface area contributed by atoms with E-state index in [0.29, 0.717) is 6.42 Å². The summed E-state index contributed by atoms with van der Waals surface area (Å²) in [5.41, 5.74) is 6.78. The van der Waals surface area contributed by atoms with Crippen LogP contribution in [0.4, 0.5) is 0 Å². The lowest BCUT2D eigenvalue weighted by atomic mass is 10.0. The number of rotatable bonds is 7. The van der Waals surface area contributed by atoms with Crippen LogP contribution in [-0.4, -0.2) is 18.0 Å². The molecule has 0 heterocycles. The second-order valence-corrected chi connectivity index (χ2v) is 4.64. The Kier molecular flexibility index (Phi) is 6.15. The van der Waals surface area contributed by atoms with Gasteiger partial charge in [-0.2, -0.15) is 0 Å². The molecule has 3 unspecified atom stereocenters. The molecule has 1 aromatic rings. The standard InChI is InChI=1S/C14H21N3O2/c1-3-7-12(15)13(17-19)14(18)16-10(2)11-8-5-4-6-9-11/h4-6,8-10,12-13H,3,7,15H2,1-2H3,(H,16,18). The summed E-state index contributed by atoms with van der Waals surface area (Å²) in [6.07, 6.45) is 1.41. The summed E-state index contributed by atoms with van der Waals surface area (Å²) in [5.74, 6) is -0.410. The Morgan fingerprint density at radius 2 is 2.00 bits per heavy atom. The largest absolute Gasteiger partial charge is 0.348 e. The number of benzene rings is 1. The van der Waals surface area contributed by atoms with Gasteiger partial charge in [0.05, 0.1) is 6.04 Å². The fourth-order valence-corrected chi connectivity index (χ4v) is 1.94. The number of nitrogens with one attached hydrogen (secondary N) is 1. The Labute approximate surface area is 113 Å². The van der Waals surface area contributed by atoms with Gasteiger partial charge in [0.2, 0.25) is 0 Å². The van der Waals surface area contributed by atoms with Gasteiger partial charge in [0.15, 0.2) is 6.04 Å². The van der Waals surface area contributed by atoms with Crippen molar-refractivity contribution < 1.29 is 4.79 Å². The quantitative estimate of drug-likeness (QED) is 0.739. The third kappa shape index (κ3) is 4.44. The highest BCUT2D eigenvalue weighted by atomic mass is 16.3. The monoisotopic (exact) mass is 263 g/mol. The number of carbonyl (C=O) groups excluding carboxylic acids is 1. The minimum atomic E-state index is -1.02. The fraction of sp³-hybridized carbons (Fsp3) is 0.500. The molecular weight excluding hydrogens is 242 g/mol. The third-order valence-corrected chi connectivity index (χ3v) is 3.07.